The van der Waals surface area contributed by atoms with Gasteiger partial charge in [-0.2, -0.15) is 0 Å². The molecule has 4 rings (SSSR count). The summed E-state index contributed by atoms with van der Waals surface area (Å²) in [5.41, 5.74) is 4.15. The standard InChI is InChI=1S/C25H22N2O4/c1-30-24(28)21-13-14-22(25(29)31-2)27(21)20-15-16-26(17-18-9-5-3-6-10-18)23(20)19-11-7-4-8-12-19/h3-16H,17H2,1-2H3. The summed E-state index contributed by atoms with van der Waals surface area (Å²) in [5, 5.41) is 0. The molecule has 0 fully saturated rings. The molecule has 0 saturated carbocycles. The quantitative estimate of drug-likeness (QED) is 0.434. The van der Waals surface area contributed by atoms with Crippen LogP contribution in [0.2, 0.25) is 0 Å². The lowest BCUT2D eigenvalue weighted by molar-refractivity contribution is 0.0584. The monoisotopic (exact) mass is 414 g/mol. The van der Waals surface area contributed by atoms with Gasteiger partial charge in [-0.1, -0.05) is 60.7 Å². The van der Waals surface area contributed by atoms with E-state index in [1.807, 2.05) is 60.8 Å². The Labute approximate surface area is 180 Å². The maximum Gasteiger partial charge on any atom is 0.355 e. The zero-order valence-electron chi connectivity index (χ0n) is 17.3. The summed E-state index contributed by atoms with van der Waals surface area (Å²) >= 11 is 0. The smallest absolute Gasteiger partial charge is 0.355 e. The van der Waals surface area contributed by atoms with Crippen molar-refractivity contribution in [3.63, 3.8) is 0 Å². The van der Waals surface area contributed by atoms with Gasteiger partial charge >= 0.3 is 11.9 Å². The zero-order chi connectivity index (χ0) is 21.8. The van der Waals surface area contributed by atoms with E-state index in [0.717, 1.165) is 16.8 Å². The van der Waals surface area contributed by atoms with Gasteiger partial charge in [0.2, 0.25) is 0 Å². The number of hydrogen-bond donors (Lipinski definition) is 0. The zero-order valence-corrected chi connectivity index (χ0v) is 17.3. The first-order valence-corrected chi connectivity index (χ1v) is 9.81. The van der Waals surface area contributed by atoms with Crippen molar-refractivity contribution >= 4 is 11.9 Å². The third-order valence-corrected chi connectivity index (χ3v) is 5.10. The molecule has 4 aromatic rings. The number of ether oxygens (including phenoxy) is 2. The summed E-state index contributed by atoms with van der Waals surface area (Å²) in [6.45, 7) is 0.632. The molecule has 31 heavy (non-hydrogen) atoms. The molecule has 0 bridgehead atoms. The second-order valence-electron chi connectivity index (χ2n) is 6.95. The van der Waals surface area contributed by atoms with Crippen LogP contribution in [0.5, 0.6) is 0 Å². The Morgan fingerprint density at radius 2 is 1.29 bits per heavy atom. The maximum atomic E-state index is 12.5. The van der Waals surface area contributed by atoms with Crippen molar-refractivity contribution in [3.05, 3.63) is 102 Å². The molecule has 6 nitrogen and oxygen atoms in total. The molecule has 0 N–H and O–H groups in total. The molecule has 2 aromatic heterocycles. The van der Waals surface area contributed by atoms with Gasteiger partial charge in [0.25, 0.3) is 0 Å². The third kappa shape index (κ3) is 3.88. The van der Waals surface area contributed by atoms with Gasteiger partial charge in [-0.25, -0.2) is 9.59 Å². The lowest BCUT2D eigenvalue weighted by Crippen LogP contribution is -2.15. The van der Waals surface area contributed by atoms with Gasteiger partial charge in [0, 0.05) is 18.3 Å². The molecule has 0 saturated heterocycles. The number of carbonyl (C=O) groups excluding carboxylic acids is 2. The molecule has 6 heteroatoms. The second kappa shape index (κ2) is 8.75. The van der Waals surface area contributed by atoms with E-state index >= 15 is 0 Å². The summed E-state index contributed by atoms with van der Waals surface area (Å²) in [5.74, 6) is -1.07. The molecule has 0 radical (unpaired) electrons. The number of benzene rings is 2. The highest BCUT2D eigenvalue weighted by atomic mass is 16.5. The highest BCUT2D eigenvalue weighted by Crippen LogP contribution is 2.32. The average molecular weight is 414 g/mol. The molecule has 0 atom stereocenters. The van der Waals surface area contributed by atoms with E-state index in [-0.39, 0.29) is 11.4 Å². The van der Waals surface area contributed by atoms with E-state index in [9.17, 15) is 9.59 Å². The molecular weight excluding hydrogens is 392 g/mol. The number of hydrogen-bond acceptors (Lipinski definition) is 4. The predicted octanol–water partition coefficient (Wildman–Crippen LogP) is 4.57. The number of nitrogens with zero attached hydrogens (tertiary/aromatic N) is 2. The van der Waals surface area contributed by atoms with E-state index in [0.29, 0.717) is 12.2 Å². The minimum atomic E-state index is -0.537. The molecule has 0 aliphatic rings. The van der Waals surface area contributed by atoms with Crippen molar-refractivity contribution < 1.29 is 19.1 Å². The van der Waals surface area contributed by atoms with Crippen molar-refractivity contribution in [3.8, 4) is 16.9 Å². The van der Waals surface area contributed by atoms with Crippen molar-refractivity contribution in [2.24, 2.45) is 0 Å². The number of esters is 2. The fourth-order valence-corrected chi connectivity index (χ4v) is 3.69. The van der Waals surface area contributed by atoms with E-state index in [1.54, 1.807) is 16.7 Å². The van der Waals surface area contributed by atoms with Gasteiger partial charge in [-0.15, -0.1) is 0 Å². The predicted molar refractivity (Wildman–Crippen MR) is 117 cm³/mol. The van der Waals surface area contributed by atoms with Gasteiger partial charge in [0.15, 0.2) is 0 Å². The van der Waals surface area contributed by atoms with Crippen LogP contribution < -0.4 is 0 Å². The van der Waals surface area contributed by atoms with Crippen LogP contribution >= 0.6 is 0 Å². The molecule has 0 amide bonds. The number of aromatic nitrogens is 2. The molecule has 0 unspecified atom stereocenters. The van der Waals surface area contributed by atoms with Gasteiger partial charge in [0.1, 0.15) is 11.4 Å². The Kier molecular flexibility index (Phi) is 5.71. The Hall–Kier alpha value is -4.06. The minimum absolute atomic E-state index is 0.248. The average Bonchev–Trinajstić information content (AvgIpc) is 3.43. The first kappa shape index (κ1) is 20.2. The third-order valence-electron chi connectivity index (χ3n) is 5.10. The Morgan fingerprint density at radius 1 is 0.742 bits per heavy atom. The minimum Gasteiger partial charge on any atom is -0.464 e. The van der Waals surface area contributed by atoms with Gasteiger partial charge < -0.3 is 14.0 Å². The van der Waals surface area contributed by atoms with Crippen molar-refractivity contribution in [2.45, 2.75) is 6.54 Å². The second-order valence-corrected chi connectivity index (χ2v) is 6.95. The van der Waals surface area contributed by atoms with Gasteiger partial charge in [-0.05, 0) is 23.8 Å². The fraction of sp³-hybridized carbons (Fsp3) is 0.120. The molecule has 2 aromatic carbocycles. The highest BCUT2D eigenvalue weighted by Gasteiger charge is 2.25. The maximum absolute atomic E-state index is 12.5. The molecule has 0 aliphatic carbocycles. The molecule has 2 heterocycles. The van der Waals surface area contributed by atoms with Crippen LogP contribution in [0.3, 0.4) is 0 Å². The summed E-state index contributed by atoms with van der Waals surface area (Å²) in [4.78, 5) is 25.0. The van der Waals surface area contributed by atoms with Crippen molar-refractivity contribution in [1.82, 2.24) is 9.13 Å². The lowest BCUT2D eigenvalue weighted by Gasteiger charge is -2.16. The summed E-state index contributed by atoms with van der Waals surface area (Å²) in [6, 6.07) is 25.0. The highest BCUT2D eigenvalue weighted by molar-refractivity contribution is 5.95. The normalized spacial score (nSPS) is 10.6. The van der Waals surface area contributed by atoms with E-state index in [4.69, 9.17) is 9.47 Å². The van der Waals surface area contributed by atoms with E-state index < -0.39 is 11.9 Å². The Bertz CT molecular complexity index is 1170. The molecular formula is C25H22N2O4. The van der Waals surface area contributed by atoms with E-state index in [1.165, 1.54) is 14.2 Å². The van der Waals surface area contributed by atoms with Gasteiger partial charge in [-0.3, -0.25) is 4.57 Å². The summed E-state index contributed by atoms with van der Waals surface area (Å²) in [7, 11) is 2.63. The summed E-state index contributed by atoms with van der Waals surface area (Å²) < 4.78 is 13.6. The lowest BCUT2D eigenvalue weighted by atomic mass is 10.1. The van der Waals surface area contributed by atoms with Crippen LogP contribution in [0.25, 0.3) is 16.9 Å². The Balaban J connectivity index is 1.95. The Morgan fingerprint density at radius 3 is 1.84 bits per heavy atom. The SMILES string of the molecule is COC(=O)c1ccc(C(=O)OC)n1-c1ccn(Cc2ccccc2)c1-c1ccccc1. The number of methoxy groups -OCH3 is 2. The number of rotatable bonds is 6. The van der Waals surface area contributed by atoms with Crippen molar-refractivity contribution in [1.29, 1.82) is 0 Å². The van der Waals surface area contributed by atoms with Crippen LogP contribution in [-0.4, -0.2) is 35.3 Å². The topological polar surface area (TPSA) is 62.5 Å². The fourth-order valence-electron chi connectivity index (χ4n) is 3.69. The molecule has 156 valence electrons. The summed E-state index contributed by atoms with van der Waals surface area (Å²) in [6.07, 6.45) is 1.95. The first-order valence-electron chi connectivity index (χ1n) is 9.81. The molecule has 0 aliphatic heterocycles. The van der Waals surface area contributed by atoms with Crippen molar-refractivity contribution in [2.75, 3.05) is 14.2 Å². The van der Waals surface area contributed by atoms with Crippen LogP contribution in [-0.2, 0) is 16.0 Å². The van der Waals surface area contributed by atoms with Crippen LogP contribution in [0.15, 0.2) is 85.1 Å². The number of carbonyl (C=O) groups is 2. The molecule has 0 spiro atoms. The van der Waals surface area contributed by atoms with Crippen LogP contribution in [0, 0.1) is 0 Å². The largest absolute Gasteiger partial charge is 0.464 e. The van der Waals surface area contributed by atoms with Crippen LogP contribution in [0.1, 0.15) is 26.5 Å². The van der Waals surface area contributed by atoms with Gasteiger partial charge in [0.05, 0.1) is 25.6 Å². The van der Waals surface area contributed by atoms with E-state index in [2.05, 4.69) is 16.7 Å². The first-order chi connectivity index (χ1) is 15.1. The van der Waals surface area contributed by atoms with Crippen LogP contribution in [0.4, 0.5) is 0 Å².